The lowest BCUT2D eigenvalue weighted by molar-refractivity contribution is -0.154. The molecular weight excluding hydrogens is 258 g/mol. The Morgan fingerprint density at radius 2 is 1.75 bits per heavy atom. The largest absolute Gasteiger partial charge is 0.460 e. The van der Waals surface area contributed by atoms with Crippen LogP contribution in [0.2, 0.25) is 0 Å². The molecule has 0 aromatic carbocycles. The first-order valence-electron chi connectivity index (χ1n) is 7.27. The van der Waals surface area contributed by atoms with Gasteiger partial charge in [-0.05, 0) is 40.0 Å². The van der Waals surface area contributed by atoms with Crippen LogP contribution in [0.25, 0.3) is 0 Å². The van der Waals surface area contributed by atoms with E-state index in [2.05, 4.69) is 5.32 Å². The summed E-state index contributed by atoms with van der Waals surface area (Å²) < 4.78 is 5.16. The molecule has 0 heterocycles. The van der Waals surface area contributed by atoms with Gasteiger partial charge in [0, 0.05) is 25.8 Å². The Kier molecular flexibility index (Phi) is 9.68. The van der Waals surface area contributed by atoms with Crippen molar-refractivity contribution < 1.29 is 19.1 Å². The summed E-state index contributed by atoms with van der Waals surface area (Å²) in [7, 11) is 0. The molecule has 0 unspecified atom stereocenters. The lowest BCUT2D eigenvalue weighted by Crippen LogP contribution is -2.25. The van der Waals surface area contributed by atoms with E-state index < -0.39 is 5.60 Å². The number of aldehydes is 1. The maximum Gasteiger partial charge on any atom is 0.306 e. The molecule has 5 heteroatoms. The van der Waals surface area contributed by atoms with E-state index in [1.165, 1.54) is 0 Å². The lowest BCUT2D eigenvalue weighted by atomic mass is 10.2. The predicted molar refractivity (Wildman–Crippen MR) is 77.2 cm³/mol. The molecule has 0 aliphatic heterocycles. The second-order valence-electron chi connectivity index (χ2n) is 5.81. The van der Waals surface area contributed by atoms with Crippen LogP contribution in [0.15, 0.2) is 0 Å². The third-order valence-electron chi connectivity index (χ3n) is 2.53. The van der Waals surface area contributed by atoms with Gasteiger partial charge in [-0.25, -0.2) is 0 Å². The predicted octanol–water partition coefficient (Wildman–Crippen LogP) is 2.37. The molecule has 0 aromatic rings. The molecule has 20 heavy (non-hydrogen) atoms. The number of ether oxygens (including phenoxy) is 1. The maximum atomic E-state index is 11.5. The first-order valence-corrected chi connectivity index (χ1v) is 7.27. The zero-order chi connectivity index (χ0) is 15.4. The molecule has 0 saturated heterocycles. The second-order valence-corrected chi connectivity index (χ2v) is 5.81. The lowest BCUT2D eigenvalue weighted by Gasteiger charge is -2.19. The Labute approximate surface area is 121 Å². The third-order valence-corrected chi connectivity index (χ3v) is 2.53. The molecule has 0 spiro atoms. The van der Waals surface area contributed by atoms with Crippen molar-refractivity contribution in [2.24, 2.45) is 0 Å². The Morgan fingerprint density at radius 3 is 2.35 bits per heavy atom. The van der Waals surface area contributed by atoms with Gasteiger partial charge in [0.05, 0.1) is 0 Å². The minimum Gasteiger partial charge on any atom is -0.460 e. The maximum absolute atomic E-state index is 11.5. The highest BCUT2D eigenvalue weighted by Gasteiger charge is 2.16. The summed E-state index contributed by atoms with van der Waals surface area (Å²) in [5, 5.41) is 2.80. The van der Waals surface area contributed by atoms with Gasteiger partial charge in [-0.15, -0.1) is 0 Å². The minimum absolute atomic E-state index is 0.0380. The zero-order valence-corrected chi connectivity index (χ0v) is 12.9. The zero-order valence-electron chi connectivity index (χ0n) is 12.9. The van der Waals surface area contributed by atoms with Crippen LogP contribution in [0, 0.1) is 0 Å². The SMILES string of the molecule is CC(C)(C)OC(=O)CCCC(=O)NCCCCCC=O. The van der Waals surface area contributed by atoms with Gasteiger partial charge in [0.15, 0.2) is 0 Å². The van der Waals surface area contributed by atoms with Gasteiger partial charge < -0.3 is 14.8 Å². The van der Waals surface area contributed by atoms with Gasteiger partial charge in [-0.1, -0.05) is 6.42 Å². The van der Waals surface area contributed by atoms with Crippen molar-refractivity contribution in [3.05, 3.63) is 0 Å². The summed E-state index contributed by atoms with van der Waals surface area (Å²) in [6.07, 6.45) is 5.31. The number of hydrogen-bond acceptors (Lipinski definition) is 4. The van der Waals surface area contributed by atoms with Gasteiger partial charge in [0.25, 0.3) is 0 Å². The fourth-order valence-electron chi connectivity index (χ4n) is 1.63. The van der Waals surface area contributed by atoms with Crippen LogP contribution < -0.4 is 5.32 Å². The van der Waals surface area contributed by atoms with Crippen LogP contribution in [-0.4, -0.2) is 30.3 Å². The fraction of sp³-hybridized carbons (Fsp3) is 0.800. The van der Waals surface area contributed by atoms with Crippen molar-refractivity contribution in [2.45, 2.75) is 71.3 Å². The summed E-state index contributed by atoms with van der Waals surface area (Å²) in [4.78, 5) is 33.0. The average Bonchev–Trinajstić information content (AvgIpc) is 2.31. The van der Waals surface area contributed by atoms with Crippen molar-refractivity contribution >= 4 is 18.2 Å². The number of carbonyl (C=O) groups excluding carboxylic acids is 3. The van der Waals surface area contributed by atoms with Gasteiger partial charge in [0.1, 0.15) is 11.9 Å². The molecule has 1 N–H and O–H groups in total. The molecule has 0 fully saturated rings. The highest BCUT2D eigenvalue weighted by molar-refractivity contribution is 5.77. The number of carbonyl (C=O) groups is 3. The topological polar surface area (TPSA) is 72.5 Å². The number of esters is 1. The van der Waals surface area contributed by atoms with Crippen LogP contribution >= 0.6 is 0 Å². The molecule has 116 valence electrons. The second kappa shape index (κ2) is 10.4. The average molecular weight is 285 g/mol. The van der Waals surface area contributed by atoms with E-state index in [9.17, 15) is 14.4 Å². The summed E-state index contributed by atoms with van der Waals surface area (Å²) in [6, 6.07) is 0. The normalized spacial score (nSPS) is 10.9. The summed E-state index contributed by atoms with van der Waals surface area (Å²) in [5.41, 5.74) is -0.471. The van der Waals surface area contributed by atoms with Crippen molar-refractivity contribution in [3.8, 4) is 0 Å². The first-order chi connectivity index (χ1) is 9.35. The molecule has 0 aromatic heterocycles. The molecule has 0 aliphatic rings. The Balaban J connectivity index is 3.49. The van der Waals surface area contributed by atoms with E-state index in [-0.39, 0.29) is 18.3 Å². The smallest absolute Gasteiger partial charge is 0.306 e. The molecule has 0 bridgehead atoms. The molecule has 0 saturated carbocycles. The highest BCUT2D eigenvalue weighted by atomic mass is 16.6. The van der Waals surface area contributed by atoms with Gasteiger partial charge in [-0.3, -0.25) is 9.59 Å². The van der Waals surface area contributed by atoms with Crippen LogP contribution in [0.3, 0.4) is 0 Å². The van der Waals surface area contributed by atoms with Crippen LogP contribution in [-0.2, 0) is 19.1 Å². The van der Waals surface area contributed by atoms with E-state index in [4.69, 9.17) is 4.74 Å². The van der Waals surface area contributed by atoms with Gasteiger partial charge in [0.2, 0.25) is 5.91 Å². The molecule has 5 nitrogen and oxygen atoms in total. The summed E-state index contributed by atoms with van der Waals surface area (Å²) >= 11 is 0. The van der Waals surface area contributed by atoms with Crippen molar-refractivity contribution in [1.29, 1.82) is 0 Å². The Hall–Kier alpha value is -1.39. The summed E-state index contributed by atoms with van der Waals surface area (Å²) in [5.74, 6) is -0.303. The molecule has 0 atom stereocenters. The van der Waals surface area contributed by atoms with Gasteiger partial charge >= 0.3 is 5.97 Å². The molecule has 0 radical (unpaired) electrons. The van der Waals surface area contributed by atoms with E-state index in [0.29, 0.717) is 25.8 Å². The standard InChI is InChI=1S/C15H27NO4/c1-15(2,3)20-14(19)10-8-9-13(18)16-11-6-4-5-7-12-17/h12H,4-11H2,1-3H3,(H,16,18). The van der Waals surface area contributed by atoms with Gasteiger partial charge in [-0.2, -0.15) is 0 Å². The third kappa shape index (κ3) is 13.1. The van der Waals surface area contributed by atoms with E-state index in [0.717, 1.165) is 25.5 Å². The summed E-state index contributed by atoms with van der Waals surface area (Å²) in [6.45, 7) is 6.09. The number of unbranched alkanes of at least 4 members (excludes halogenated alkanes) is 3. The number of hydrogen-bond donors (Lipinski definition) is 1. The first kappa shape index (κ1) is 18.6. The van der Waals surface area contributed by atoms with Crippen molar-refractivity contribution in [1.82, 2.24) is 5.32 Å². The monoisotopic (exact) mass is 285 g/mol. The fourth-order valence-corrected chi connectivity index (χ4v) is 1.63. The van der Waals surface area contributed by atoms with E-state index in [1.807, 2.05) is 20.8 Å². The van der Waals surface area contributed by atoms with Crippen LogP contribution in [0.4, 0.5) is 0 Å². The number of rotatable bonds is 10. The van der Waals surface area contributed by atoms with Crippen molar-refractivity contribution in [3.63, 3.8) is 0 Å². The molecule has 1 amide bonds. The molecular formula is C15H27NO4. The van der Waals surface area contributed by atoms with Crippen LogP contribution in [0.1, 0.15) is 65.7 Å². The number of nitrogens with one attached hydrogen (secondary N) is 1. The Bertz CT molecular complexity index is 307. The Morgan fingerprint density at radius 1 is 1.05 bits per heavy atom. The molecule has 0 rings (SSSR count). The van der Waals surface area contributed by atoms with Crippen molar-refractivity contribution in [2.75, 3.05) is 6.54 Å². The van der Waals surface area contributed by atoms with E-state index in [1.54, 1.807) is 0 Å². The highest BCUT2D eigenvalue weighted by Crippen LogP contribution is 2.09. The number of amides is 1. The molecule has 0 aliphatic carbocycles. The quantitative estimate of drug-likeness (QED) is 0.380. The van der Waals surface area contributed by atoms with E-state index >= 15 is 0 Å². The minimum atomic E-state index is -0.471. The van der Waals surface area contributed by atoms with Crippen LogP contribution in [0.5, 0.6) is 0 Å².